The van der Waals surface area contributed by atoms with E-state index >= 15 is 0 Å². The predicted molar refractivity (Wildman–Crippen MR) is 56.5 cm³/mol. The van der Waals surface area contributed by atoms with E-state index in [4.69, 9.17) is 4.52 Å². The summed E-state index contributed by atoms with van der Waals surface area (Å²) in [5, 5.41) is 7.09. The number of rotatable bonds is 3. The maximum absolute atomic E-state index is 4.97. The van der Waals surface area contributed by atoms with Crippen molar-refractivity contribution in [2.45, 2.75) is 25.8 Å². The third-order valence-corrected chi connectivity index (χ3v) is 2.70. The summed E-state index contributed by atoms with van der Waals surface area (Å²) in [5.41, 5.74) is 0.215. The van der Waals surface area contributed by atoms with Gasteiger partial charge in [0.05, 0.1) is 0 Å². The Balaban J connectivity index is 1.80. The maximum atomic E-state index is 4.97. The molecule has 2 heterocycles. The summed E-state index contributed by atoms with van der Waals surface area (Å²) in [6, 6.07) is 0. The zero-order valence-corrected chi connectivity index (χ0v) is 9.36. The minimum atomic E-state index is 0.215. The first-order chi connectivity index (χ1) is 7.16. The second-order valence-electron chi connectivity index (χ2n) is 4.67. The average Bonchev–Trinajstić information content (AvgIpc) is 2.65. The number of nitrogens with one attached hydrogen (secondary N) is 1. The van der Waals surface area contributed by atoms with E-state index in [0.29, 0.717) is 0 Å². The first-order valence-corrected chi connectivity index (χ1v) is 5.39. The molecule has 0 saturated carbocycles. The van der Waals surface area contributed by atoms with Gasteiger partial charge in [0, 0.05) is 38.1 Å². The molecule has 1 aliphatic heterocycles. The SMILES string of the molecule is CC1(C)CN(CCc2ncno2)CCN1. The van der Waals surface area contributed by atoms with Gasteiger partial charge in [0.15, 0.2) is 6.33 Å². The van der Waals surface area contributed by atoms with Crippen LogP contribution in [0, 0.1) is 0 Å². The van der Waals surface area contributed by atoms with Gasteiger partial charge in [0.2, 0.25) is 5.89 Å². The van der Waals surface area contributed by atoms with Crippen LogP contribution in [0.2, 0.25) is 0 Å². The van der Waals surface area contributed by atoms with Gasteiger partial charge in [0.1, 0.15) is 0 Å². The zero-order valence-electron chi connectivity index (χ0n) is 9.36. The first-order valence-electron chi connectivity index (χ1n) is 5.39. The molecule has 0 atom stereocenters. The van der Waals surface area contributed by atoms with E-state index in [1.54, 1.807) is 0 Å². The van der Waals surface area contributed by atoms with Crippen molar-refractivity contribution in [1.82, 2.24) is 20.4 Å². The van der Waals surface area contributed by atoms with Crippen LogP contribution in [0.25, 0.3) is 0 Å². The summed E-state index contributed by atoms with van der Waals surface area (Å²) in [6.07, 6.45) is 2.30. The molecule has 0 bridgehead atoms. The van der Waals surface area contributed by atoms with Gasteiger partial charge in [-0.2, -0.15) is 4.98 Å². The van der Waals surface area contributed by atoms with Gasteiger partial charge in [-0.05, 0) is 13.8 Å². The van der Waals surface area contributed by atoms with E-state index in [-0.39, 0.29) is 5.54 Å². The molecule has 1 N–H and O–H groups in total. The third kappa shape index (κ3) is 3.00. The molecule has 1 saturated heterocycles. The quantitative estimate of drug-likeness (QED) is 0.777. The molecule has 84 valence electrons. The van der Waals surface area contributed by atoms with Crippen molar-refractivity contribution in [2.24, 2.45) is 0 Å². The average molecular weight is 210 g/mol. The smallest absolute Gasteiger partial charge is 0.227 e. The van der Waals surface area contributed by atoms with Crippen LogP contribution in [0.4, 0.5) is 0 Å². The summed E-state index contributed by atoms with van der Waals surface area (Å²) in [6.45, 7) is 8.67. The summed E-state index contributed by atoms with van der Waals surface area (Å²) < 4.78 is 4.97. The number of aromatic nitrogens is 2. The van der Waals surface area contributed by atoms with Crippen LogP contribution in [0.15, 0.2) is 10.9 Å². The summed E-state index contributed by atoms with van der Waals surface area (Å²) in [7, 11) is 0. The van der Waals surface area contributed by atoms with Crippen molar-refractivity contribution in [1.29, 1.82) is 0 Å². The minimum Gasteiger partial charge on any atom is -0.340 e. The lowest BCUT2D eigenvalue weighted by Crippen LogP contribution is -2.57. The highest BCUT2D eigenvalue weighted by molar-refractivity contribution is 4.88. The molecule has 0 aliphatic carbocycles. The molecular formula is C10H18N4O. The highest BCUT2D eigenvalue weighted by atomic mass is 16.5. The second-order valence-corrected chi connectivity index (χ2v) is 4.67. The van der Waals surface area contributed by atoms with Crippen molar-refractivity contribution < 1.29 is 4.52 Å². The summed E-state index contributed by atoms with van der Waals surface area (Å²) in [4.78, 5) is 6.45. The Bertz CT molecular complexity index is 296. The molecule has 0 unspecified atom stereocenters. The lowest BCUT2D eigenvalue weighted by atomic mass is 10.0. The molecule has 5 nitrogen and oxygen atoms in total. The molecule has 0 aromatic carbocycles. The first kappa shape index (κ1) is 10.6. The molecule has 2 rings (SSSR count). The number of hydrogen-bond acceptors (Lipinski definition) is 5. The number of hydrogen-bond donors (Lipinski definition) is 1. The van der Waals surface area contributed by atoms with Gasteiger partial charge in [0.25, 0.3) is 0 Å². The fraction of sp³-hybridized carbons (Fsp3) is 0.800. The molecule has 1 aliphatic rings. The van der Waals surface area contributed by atoms with Crippen molar-refractivity contribution in [3.8, 4) is 0 Å². The zero-order chi connectivity index (χ0) is 10.7. The Morgan fingerprint density at radius 2 is 2.47 bits per heavy atom. The summed E-state index contributed by atoms with van der Waals surface area (Å²) >= 11 is 0. The molecule has 0 radical (unpaired) electrons. The molecule has 5 heteroatoms. The molecule has 0 amide bonds. The highest BCUT2D eigenvalue weighted by Crippen LogP contribution is 2.10. The van der Waals surface area contributed by atoms with Gasteiger partial charge < -0.3 is 9.84 Å². The van der Waals surface area contributed by atoms with Gasteiger partial charge in [-0.25, -0.2) is 0 Å². The fourth-order valence-electron chi connectivity index (χ4n) is 2.00. The number of nitrogens with zero attached hydrogens (tertiary/aromatic N) is 3. The van der Waals surface area contributed by atoms with Gasteiger partial charge in [-0.15, -0.1) is 0 Å². The van der Waals surface area contributed by atoms with E-state index < -0.39 is 0 Å². The second kappa shape index (κ2) is 4.28. The van der Waals surface area contributed by atoms with Crippen LogP contribution < -0.4 is 5.32 Å². The molecule has 1 aromatic heterocycles. The maximum Gasteiger partial charge on any atom is 0.227 e. The van der Waals surface area contributed by atoms with E-state index in [1.165, 1.54) is 6.33 Å². The minimum absolute atomic E-state index is 0.215. The molecule has 1 aromatic rings. The molecule has 0 spiro atoms. The molecule has 15 heavy (non-hydrogen) atoms. The van der Waals surface area contributed by atoms with E-state index in [9.17, 15) is 0 Å². The lowest BCUT2D eigenvalue weighted by Gasteiger charge is -2.38. The van der Waals surface area contributed by atoms with E-state index in [1.807, 2.05) is 0 Å². The van der Waals surface area contributed by atoms with Gasteiger partial charge >= 0.3 is 0 Å². The van der Waals surface area contributed by atoms with Crippen molar-refractivity contribution in [3.05, 3.63) is 12.2 Å². The van der Waals surface area contributed by atoms with Gasteiger partial charge in [-0.3, -0.25) is 4.90 Å². The standard InChI is InChI=1S/C10H18N4O/c1-10(2)7-14(6-4-12-10)5-3-9-11-8-13-15-9/h8,12H,3-7H2,1-2H3. The van der Waals surface area contributed by atoms with E-state index in [0.717, 1.165) is 38.5 Å². The lowest BCUT2D eigenvalue weighted by molar-refractivity contribution is 0.153. The van der Waals surface area contributed by atoms with Crippen LogP contribution in [-0.4, -0.2) is 46.8 Å². The Kier molecular flexibility index (Phi) is 3.02. The fourth-order valence-corrected chi connectivity index (χ4v) is 2.00. The van der Waals surface area contributed by atoms with Gasteiger partial charge in [-0.1, -0.05) is 5.16 Å². The van der Waals surface area contributed by atoms with E-state index in [2.05, 4.69) is 34.2 Å². The number of piperazine rings is 1. The van der Waals surface area contributed by atoms with Crippen molar-refractivity contribution in [3.63, 3.8) is 0 Å². The Morgan fingerprint density at radius 1 is 1.60 bits per heavy atom. The monoisotopic (exact) mass is 210 g/mol. The summed E-state index contributed by atoms with van der Waals surface area (Å²) in [5.74, 6) is 0.728. The Labute approximate surface area is 89.8 Å². The largest absolute Gasteiger partial charge is 0.340 e. The van der Waals surface area contributed by atoms with Crippen LogP contribution in [0.5, 0.6) is 0 Å². The Morgan fingerprint density at radius 3 is 3.13 bits per heavy atom. The van der Waals surface area contributed by atoms with Crippen LogP contribution in [0.1, 0.15) is 19.7 Å². The third-order valence-electron chi connectivity index (χ3n) is 2.70. The molecule has 1 fully saturated rings. The van der Waals surface area contributed by atoms with Crippen LogP contribution in [-0.2, 0) is 6.42 Å². The predicted octanol–water partition coefficient (Wildman–Crippen LogP) is 0.296. The topological polar surface area (TPSA) is 54.2 Å². The van der Waals surface area contributed by atoms with Crippen molar-refractivity contribution >= 4 is 0 Å². The Hall–Kier alpha value is -0.940. The highest BCUT2D eigenvalue weighted by Gasteiger charge is 2.25. The van der Waals surface area contributed by atoms with Crippen LogP contribution >= 0.6 is 0 Å². The normalized spacial score (nSPS) is 21.7. The molecular weight excluding hydrogens is 192 g/mol. The van der Waals surface area contributed by atoms with Crippen LogP contribution in [0.3, 0.4) is 0 Å². The van der Waals surface area contributed by atoms with Crippen molar-refractivity contribution in [2.75, 3.05) is 26.2 Å².